The van der Waals surface area contributed by atoms with Crippen molar-refractivity contribution in [3.8, 4) is 67.3 Å². The lowest BCUT2D eigenvalue weighted by atomic mass is 9.89. The van der Waals surface area contributed by atoms with E-state index in [0.717, 1.165) is 39.2 Å². The number of hydrogen-bond donors (Lipinski definition) is 0. The molecule has 56 heavy (non-hydrogen) atoms. The Labute approximate surface area is 324 Å². The van der Waals surface area contributed by atoms with Crippen molar-refractivity contribution in [1.29, 1.82) is 0 Å². The largest absolute Gasteiger partial charge is 0.265 e. The average Bonchev–Trinajstić information content (AvgIpc) is 3.28. The molecular formula is C53H33N3. The maximum atomic E-state index is 5.18. The van der Waals surface area contributed by atoms with Gasteiger partial charge in [-0.25, -0.2) is 9.97 Å². The van der Waals surface area contributed by atoms with E-state index in [4.69, 9.17) is 9.97 Å². The van der Waals surface area contributed by atoms with E-state index in [9.17, 15) is 0 Å². The molecule has 2 aromatic heterocycles. The zero-order valence-corrected chi connectivity index (χ0v) is 30.4. The molecule has 0 amide bonds. The number of hydrogen-bond acceptors (Lipinski definition) is 3. The van der Waals surface area contributed by atoms with Crippen LogP contribution in [-0.2, 0) is 0 Å². The minimum absolute atomic E-state index is 0.688. The Hall–Kier alpha value is -7.49. The van der Waals surface area contributed by atoms with Gasteiger partial charge in [0.25, 0.3) is 0 Å². The van der Waals surface area contributed by atoms with Crippen LogP contribution in [0.2, 0.25) is 0 Å². The summed E-state index contributed by atoms with van der Waals surface area (Å²) in [5, 5.41) is 10.2. The van der Waals surface area contributed by atoms with Crippen molar-refractivity contribution in [3.05, 3.63) is 200 Å². The number of rotatable bonds is 6. The summed E-state index contributed by atoms with van der Waals surface area (Å²) in [6.45, 7) is 0. The van der Waals surface area contributed by atoms with Gasteiger partial charge in [-0.3, -0.25) is 4.98 Å². The second kappa shape index (κ2) is 13.1. The van der Waals surface area contributed by atoms with Gasteiger partial charge in [0, 0.05) is 29.1 Å². The van der Waals surface area contributed by atoms with E-state index in [-0.39, 0.29) is 0 Å². The smallest absolute Gasteiger partial charge is 0.160 e. The molecule has 9 aromatic carbocycles. The molecule has 11 aromatic rings. The molecule has 260 valence electrons. The summed E-state index contributed by atoms with van der Waals surface area (Å²) >= 11 is 0. The van der Waals surface area contributed by atoms with Gasteiger partial charge < -0.3 is 0 Å². The van der Waals surface area contributed by atoms with Crippen LogP contribution in [-0.4, -0.2) is 15.0 Å². The first-order chi connectivity index (χ1) is 27.7. The lowest BCUT2D eigenvalue weighted by molar-refractivity contribution is 1.18. The highest BCUT2D eigenvalue weighted by Gasteiger charge is 2.15. The summed E-state index contributed by atoms with van der Waals surface area (Å²) < 4.78 is 0. The van der Waals surface area contributed by atoms with Crippen LogP contribution in [0.1, 0.15) is 0 Å². The first-order valence-corrected chi connectivity index (χ1v) is 19.0. The lowest BCUT2D eigenvalue weighted by Crippen LogP contribution is -1.96. The van der Waals surface area contributed by atoms with Crippen molar-refractivity contribution in [2.75, 3.05) is 0 Å². The second-order valence-corrected chi connectivity index (χ2v) is 14.5. The lowest BCUT2D eigenvalue weighted by Gasteiger charge is -2.14. The normalized spacial score (nSPS) is 11.6. The van der Waals surface area contributed by atoms with E-state index in [1.165, 1.54) is 65.3 Å². The maximum Gasteiger partial charge on any atom is 0.160 e. The summed E-state index contributed by atoms with van der Waals surface area (Å²) in [6, 6.07) is 67.4. The van der Waals surface area contributed by atoms with Gasteiger partial charge in [0.1, 0.15) is 0 Å². The second-order valence-electron chi connectivity index (χ2n) is 14.5. The van der Waals surface area contributed by atoms with Crippen LogP contribution in [0.3, 0.4) is 0 Å². The Kier molecular flexibility index (Phi) is 7.49. The van der Waals surface area contributed by atoms with E-state index >= 15 is 0 Å². The zero-order chi connectivity index (χ0) is 37.0. The van der Waals surface area contributed by atoms with Crippen LogP contribution in [0.5, 0.6) is 0 Å². The maximum absolute atomic E-state index is 5.18. The summed E-state index contributed by atoms with van der Waals surface area (Å²) in [7, 11) is 0. The third-order valence-electron chi connectivity index (χ3n) is 11.2. The van der Waals surface area contributed by atoms with E-state index in [1.54, 1.807) is 0 Å². The van der Waals surface area contributed by atoms with Crippen LogP contribution >= 0.6 is 0 Å². The molecule has 3 nitrogen and oxygen atoms in total. The van der Waals surface area contributed by atoms with Crippen LogP contribution in [0, 0.1) is 0 Å². The quantitative estimate of drug-likeness (QED) is 0.161. The van der Waals surface area contributed by atoms with Gasteiger partial charge in [0.05, 0.1) is 11.4 Å². The summed E-state index contributed by atoms with van der Waals surface area (Å²) in [4.78, 5) is 14.5. The number of fused-ring (bicyclic) bond motifs is 1. The van der Waals surface area contributed by atoms with E-state index in [0.29, 0.717) is 5.82 Å². The molecule has 0 spiro atoms. The average molecular weight is 712 g/mol. The van der Waals surface area contributed by atoms with E-state index < -0.39 is 0 Å². The molecule has 0 aliphatic heterocycles. The van der Waals surface area contributed by atoms with Gasteiger partial charge in [0.15, 0.2) is 5.82 Å². The van der Waals surface area contributed by atoms with Gasteiger partial charge in [-0.15, -0.1) is 0 Å². The number of benzene rings is 9. The topological polar surface area (TPSA) is 38.7 Å². The van der Waals surface area contributed by atoms with Gasteiger partial charge in [-0.2, -0.15) is 0 Å². The molecule has 0 aliphatic carbocycles. The summed E-state index contributed by atoms with van der Waals surface area (Å²) in [5.41, 5.74) is 11.8. The minimum Gasteiger partial charge on any atom is -0.265 e. The fraction of sp³-hybridized carbons (Fsp3) is 0. The van der Waals surface area contributed by atoms with Crippen molar-refractivity contribution < 1.29 is 0 Å². The molecule has 2 heterocycles. The molecule has 0 atom stereocenters. The molecule has 0 saturated carbocycles. The summed E-state index contributed by atoms with van der Waals surface area (Å²) in [6.07, 6.45) is 3.64. The zero-order valence-electron chi connectivity index (χ0n) is 30.4. The first-order valence-electron chi connectivity index (χ1n) is 19.0. The van der Waals surface area contributed by atoms with Crippen molar-refractivity contribution in [1.82, 2.24) is 15.0 Å². The van der Waals surface area contributed by atoms with Crippen LogP contribution in [0.25, 0.3) is 110 Å². The monoisotopic (exact) mass is 711 g/mol. The highest BCUT2D eigenvalue weighted by Crippen LogP contribution is 2.40. The molecule has 0 radical (unpaired) electrons. The molecule has 0 bridgehead atoms. The van der Waals surface area contributed by atoms with E-state index in [2.05, 4.69) is 181 Å². The highest BCUT2D eigenvalue weighted by molar-refractivity contribution is 6.25. The Bertz CT molecular complexity index is 3190. The predicted octanol–water partition coefficient (Wildman–Crippen LogP) is 13.9. The molecule has 0 saturated heterocycles. The standard InChI is InChI=1S/C53H33N3/c1-2-5-45-32-46(23-12-34(45)4-1)36-8-15-39(16-9-36)49-33-50(56-53(55-49)44-21-10-35(11-22-44)37-28-30-54-31-29-37)40-17-13-38(14-18-40)47-26-24-43-20-19-41-6-3-7-42-25-27-48(47)52(43)51(41)42/h1-33H. The Balaban J connectivity index is 0.989. The molecule has 0 fully saturated rings. The Morgan fingerprint density at radius 3 is 1.46 bits per heavy atom. The molecule has 11 rings (SSSR count). The van der Waals surface area contributed by atoms with Gasteiger partial charge in [0.2, 0.25) is 0 Å². The number of pyridine rings is 1. The third-order valence-corrected chi connectivity index (χ3v) is 11.2. The molecule has 0 unspecified atom stereocenters. The fourth-order valence-corrected chi connectivity index (χ4v) is 8.24. The van der Waals surface area contributed by atoms with Crippen LogP contribution < -0.4 is 0 Å². The van der Waals surface area contributed by atoms with Gasteiger partial charge >= 0.3 is 0 Å². The Morgan fingerprint density at radius 1 is 0.286 bits per heavy atom. The SMILES string of the molecule is c1ccc2cc(-c3ccc(-c4cc(-c5ccc(-c6ccc7ccc8cccc9ccc6c7c89)cc5)nc(-c5ccc(-c6ccncc6)cc5)n4)cc3)ccc2c1. The molecular weight excluding hydrogens is 679 g/mol. The highest BCUT2D eigenvalue weighted by atomic mass is 14.9. The van der Waals surface area contributed by atoms with Gasteiger partial charge in [-0.1, -0.05) is 164 Å². The number of aromatic nitrogens is 3. The van der Waals surface area contributed by atoms with Crippen molar-refractivity contribution >= 4 is 43.1 Å². The van der Waals surface area contributed by atoms with Crippen molar-refractivity contribution in [2.24, 2.45) is 0 Å². The summed E-state index contributed by atoms with van der Waals surface area (Å²) in [5.74, 6) is 0.688. The molecule has 0 N–H and O–H groups in total. The van der Waals surface area contributed by atoms with Crippen LogP contribution in [0.4, 0.5) is 0 Å². The molecule has 0 aliphatic rings. The van der Waals surface area contributed by atoms with Gasteiger partial charge in [-0.05, 0) is 101 Å². The van der Waals surface area contributed by atoms with Crippen LogP contribution in [0.15, 0.2) is 200 Å². The van der Waals surface area contributed by atoms with E-state index in [1.807, 2.05) is 24.5 Å². The van der Waals surface area contributed by atoms with Crippen molar-refractivity contribution in [2.45, 2.75) is 0 Å². The predicted molar refractivity (Wildman–Crippen MR) is 234 cm³/mol. The minimum atomic E-state index is 0.688. The Morgan fingerprint density at radius 2 is 0.768 bits per heavy atom. The molecule has 3 heteroatoms. The fourth-order valence-electron chi connectivity index (χ4n) is 8.24. The van der Waals surface area contributed by atoms with Crippen molar-refractivity contribution in [3.63, 3.8) is 0 Å². The first kappa shape index (κ1) is 32.0. The third kappa shape index (κ3) is 5.57. The number of nitrogens with zero attached hydrogens (tertiary/aromatic N) is 3.